The molecule has 1 aliphatic heterocycles. The van der Waals surface area contributed by atoms with Crippen molar-refractivity contribution in [1.29, 1.82) is 0 Å². The first-order chi connectivity index (χ1) is 17.1. The Hall–Kier alpha value is -3.95. The van der Waals surface area contributed by atoms with Crippen LogP contribution < -0.4 is 10.6 Å². The van der Waals surface area contributed by atoms with Gasteiger partial charge in [-0.25, -0.2) is 13.8 Å². The predicted molar refractivity (Wildman–Crippen MR) is 126 cm³/mol. The molecule has 2 N–H and O–H groups in total. The van der Waals surface area contributed by atoms with Gasteiger partial charge < -0.3 is 15.2 Å². The van der Waals surface area contributed by atoms with Crippen LogP contribution in [0.1, 0.15) is 34.5 Å². The minimum absolute atomic E-state index is 0.0706. The van der Waals surface area contributed by atoms with E-state index in [-0.39, 0.29) is 40.1 Å². The third-order valence-electron chi connectivity index (χ3n) is 6.38. The van der Waals surface area contributed by atoms with E-state index < -0.39 is 29.3 Å². The zero-order valence-electron chi connectivity index (χ0n) is 18.9. The number of amides is 1. The first-order valence-corrected chi connectivity index (χ1v) is 11.3. The Bertz CT molecular complexity index is 1470. The molecule has 0 bridgehead atoms. The fourth-order valence-corrected chi connectivity index (χ4v) is 4.84. The summed E-state index contributed by atoms with van der Waals surface area (Å²) in [6.07, 6.45) is -2.02. The Balaban J connectivity index is 1.79. The highest BCUT2D eigenvalue weighted by atomic mass is 19.4. The Morgan fingerprint density at radius 1 is 1.00 bits per heavy atom. The molecule has 0 spiro atoms. The number of carbonyl (C=O) groups is 1. The van der Waals surface area contributed by atoms with Crippen LogP contribution in [0.2, 0.25) is 0 Å². The first kappa shape index (κ1) is 23.8. The summed E-state index contributed by atoms with van der Waals surface area (Å²) in [5, 5.41) is 0.0708. The maximum absolute atomic E-state index is 14.3. The first-order valence-electron chi connectivity index (χ1n) is 11.3. The number of nitrogens with two attached hydrogens (primary N) is 1. The van der Waals surface area contributed by atoms with Crippen LogP contribution in [0.25, 0.3) is 22.0 Å². The van der Waals surface area contributed by atoms with E-state index >= 15 is 0 Å². The maximum Gasteiger partial charge on any atom is 0.417 e. The van der Waals surface area contributed by atoms with Crippen molar-refractivity contribution >= 4 is 22.6 Å². The van der Waals surface area contributed by atoms with Crippen molar-refractivity contribution < 1.29 is 26.7 Å². The molecule has 1 saturated heterocycles. The normalized spacial score (nSPS) is 14.1. The zero-order chi connectivity index (χ0) is 25.6. The molecule has 0 saturated carbocycles. The molecule has 0 aliphatic carbocycles. The lowest BCUT2D eigenvalue weighted by Crippen LogP contribution is -2.21. The highest BCUT2D eigenvalue weighted by Gasteiger charge is 2.37. The predicted octanol–water partition coefficient (Wildman–Crippen LogP) is 5.75. The van der Waals surface area contributed by atoms with Crippen LogP contribution in [0.5, 0.6) is 0 Å². The third-order valence-corrected chi connectivity index (χ3v) is 6.38. The highest BCUT2D eigenvalue weighted by Crippen LogP contribution is 2.43. The van der Waals surface area contributed by atoms with Gasteiger partial charge in [-0.1, -0.05) is 12.1 Å². The Morgan fingerprint density at radius 3 is 2.39 bits per heavy atom. The number of hydrogen-bond donors (Lipinski definition) is 1. The van der Waals surface area contributed by atoms with Gasteiger partial charge in [-0.3, -0.25) is 4.79 Å². The number of hydrogen-bond acceptors (Lipinski definition) is 3. The van der Waals surface area contributed by atoms with Crippen molar-refractivity contribution in [3.8, 4) is 11.1 Å². The van der Waals surface area contributed by atoms with Gasteiger partial charge in [-0.15, -0.1) is 0 Å². The molecule has 1 amide bonds. The van der Waals surface area contributed by atoms with Gasteiger partial charge in [0.25, 0.3) is 5.91 Å². The molecule has 5 nitrogen and oxygen atoms in total. The van der Waals surface area contributed by atoms with Crippen molar-refractivity contribution in [2.45, 2.75) is 25.6 Å². The van der Waals surface area contributed by atoms with Gasteiger partial charge in [-0.2, -0.15) is 13.2 Å². The lowest BCUT2D eigenvalue weighted by Gasteiger charge is -2.20. The molecule has 2 aromatic heterocycles. The largest absolute Gasteiger partial charge is 0.417 e. The topological polar surface area (TPSA) is 64.2 Å². The van der Waals surface area contributed by atoms with Crippen molar-refractivity contribution in [3.63, 3.8) is 0 Å². The number of nitrogens with zero attached hydrogens (tertiary/aromatic N) is 3. The molecule has 1 fully saturated rings. The number of primary amides is 1. The van der Waals surface area contributed by atoms with Gasteiger partial charge in [0.05, 0.1) is 5.56 Å². The molecular formula is C26H21F5N4O. The summed E-state index contributed by atoms with van der Waals surface area (Å²) in [5.74, 6) is -2.04. The van der Waals surface area contributed by atoms with E-state index in [1.807, 2.05) is 0 Å². The van der Waals surface area contributed by atoms with Gasteiger partial charge >= 0.3 is 6.18 Å². The number of fused-ring (bicyclic) bond motifs is 1. The third kappa shape index (κ3) is 4.27. The number of aromatic nitrogens is 2. The second-order valence-electron chi connectivity index (χ2n) is 8.75. The molecule has 0 radical (unpaired) electrons. The molecule has 10 heteroatoms. The summed E-state index contributed by atoms with van der Waals surface area (Å²) in [7, 11) is 0. The summed E-state index contributed by atoms with van der Waals surface area (Å²) in [6.45, 7) is 1.11. The van der Waals surface area contributed by atoms with Crippen LogP contribution in [-0.2, 0) is 12.7 Å². The van der Waals surface area contributed by atoms with E-state index in [4.69, 9.17) is 5.73 Å². The molecule has 2 aromatic carbocycles. The second kappa shape index (κ2) is 8.92. The minimum atomic E-state index is -4.79. The van der Waals surface area contributed by atoms with Gasteiger partial charge in [0.15, 0.2) is 0 Å². The number of carbonyl (C=O) groups excluding carboxylic acids is 1. The van der Waals surface area contributed by atoms with Crippen LogP contribution in [0.4, 0.5) is 27.8 Å². The van der Waals surface area contributed by atoms with Gasteiger partial charge in [0.1, 0.15) is 23.1 Å². The van der Waals surface area contributed by atoms with Crippen LogP contribution in [0.15, 0.2) is 54.7 Å². The van der Waals surface area contributed by atoms with Crippen molar-refractivity contribution in [3.05, 3.63) is 83.2 Å². The van der Waals surface area contributed by atoms with Crippen molar-refractivity contribution in [1.82, 2.24) is 9.55 Å². The van der Waals surface area contributed by atoms with Crippen LogP contribution in [0.3, 0.4) is 0 Å². The van der Waals surface area contributed by atoms with E-state index in [9.17, 15) is 26.7 Å². The van der Waals surface area contributed by atoms with Gasteiger partial charge in [-0.05, 0) is 54.8 Å². The van der Waals surface area contributed by atoms with Gasteiger partial charge in [0.2, 0.25) is 0 Å². The number of alkyl halides is 3. The van der Waals surface area contributed by atoms with Crippen LogP contribution in [0, 0.1) is 11.6 Å². The molecule has 36 heavy (non-hydrogen) atoms. The summed E-state index contributed by atoms with van der Waals surface area (Å²) in [5.41, 5.74) is 4.62. The van der Waals surface area contributed by atoms with Crippen molar-refractivity contribution in [2.24, 2.45) is 5.73 Å². The molecule has 3 heterocycles. The Labute approximate surface area is 203 Å². The summed E-state index contributed by atoms with van der Waals surface area (Å²) < 4.78 is 72.5. The fourth-order valence-electron chi connectivity index (χ4n) is 4.84. The Kier molecular flexibility index (Phi) is 5.89. The Morgan fingerprint density at radius 2 is 1.72 bits per heavy atom. The lowest BCUT2D eigenvalue weighted by atomic mass is 9.97. The summed E-state index contributed by atoms with van der Waals surface area (Å²) >= 11 is 0. The summed E-state index contributed by atoms with van der Waals surface area (Å²) in [6, 6.07) is 10.1. The van der Waals surface area contributed by atoms with E-state index in [0.717, 1.165) is 37.2 Å². The number of anilines is 1. The zero-order valence-corrected chi connectivity index (χ0v) is 18.9. The molecule has 0 unspecified atom stereocenters. The van der Waals surface area contributed by atoms with E-state index in [1.165, 1.54) is 28.8 Å². The standard InChI is InChI=1S/C26H21F5N4O/c27-16-5-3-4-15(10-16)14-35-21-7-6-17(28)11-18(21)23(24(35)25(32)36)19-13-33-22(34-8-1-2-9-34)12-20(19)26(29,30)31/h3-7,10-13H,1-2,8-9,14H2,(H2,32,36). The number of pyridine rings is 1. The second-order valence-corrected chi connectivity index (χ2v) is 8.75. The molecule has 186 valence electrons. The monoisotopic (exact) mass is 500 g/mol. The average molecular weight is 500 g/mol. The average Bonchev–Trinajstić information content (AvgIpc) is 3.45. The quantitative estimate of drug-likeness (QED) is 0.355. The molecule has 0 atom stereocenters. The summed E-state index contributed by atoms with van der Waals surface area (Å²) in [4.78, 5) is 18.7. The highest BCUT2D eigenvalue weighted by molar-refractivity contribution is 6.10. The smallest absolute Gasteiger partial charge is 0.364 e. The number of benzene rings is 2. The number of halogens is 5. The fraction of sp³-hybridized carbons (Fsp3) is 0.231. The minimum Gasteiger partial charge on any atom is -0.364 e. The molecule has 1 aliphatic rings. The molecule has 4 aromatic rings. The lowest BCUT2D eigenvalue weighted by molar-refractivity contribution is -0.137. The molecule has 5 rings (SSSR count). The van der Waals surface area contributed by atoms with Crippen LogP contribution in [-0.4, -0.2) is 28.5 Å². The maximum atomic E-state index is 14.3. The van der Waals surface area contributed by atoms with E-state index in [0.29, 0.717) is 18.7 Å². The molecular weight excluding hydrogens is 479 g/mol. The van der Waals surface area contributed by atoms with E-state index in [1.54, 1.807) is 11.0 Å². The number of rotatable bonds is 5. The van der Waals surface area contributed by atoms with Crippen LogP contribution >= 0.6 is 0 Å². The van der Waals surface area contributed by atoms with Gasteiger partial charge in [0, 0.05) is 47.9 Å². The van der Waals surface area contributed by atoms with Crippen molar-refractivity contribution in [2.75, 3.05) is 18.0 Å². The SMILES string of the molecule is NC(=O)c1c(-c2cnc(N3CCCC3)cc2C(F)(F)F)c2cc(F)ccc2n1Cc1cccc(F)c1. The van der Waals surface area contributed by atoms with E-state index in [2.05, 4.69) is 4.98 Å².